The second-order valence-electron chi connectivity index (χ2n) is 2.89. The Bertz CT molecular complexity index is 182. The number of nitrogens with one attached hydrogen (secondary N) is 1. The van der Waals surface area contributed by atoms with Crippen molar-refractivity contribution in [3.05, 3.63) is 0 Å². The van der Waals surface area contributed by atoms with Crippen molar-refractivity contribution >= 4 is 5.91 Å². The van der Waals surface area contributed by atoms with Crippen molar-refractivity contribution in [1.82, 2.24) is 5.32 Å². The first-order chi connectivity index (χ1) is 6.37. The minimum atomic E-state index is -4.16. The number of rotatable bonds is 5. The summed E-state index contributed by atoms with van der Waals surface area (Å²) >= 11 is 0. The number of carbonyl (C=O) groups is 1. The number of carbonyl (C=O) groups excluding carboxylic acids is 1. The van der Waals surface area contributed by atoms with E-state index in [0.29, 0.717) is 0 Å². The lowest BCUT2D eigenvalue weighted by Gasteiger charge is -2.10. The van der Waals surface area contributed by atoms with Crippen LogP contribution in [0.1, 0.15) is 19.8 Å². The topological polar surface area (TPSA) is 38.3 Å². The molecule has 0 radical (unpaired) electrons. The van der Waals surface area contributed by atoms with E-state index in [1.54, 1.807) is 0 Å². The van der Waals surface area contributed by atoms with Gasteiger partial charge in [0.2, 0.25) is 5.91 Å². The van der Waals surface area contributed by atoms with Gasteiger partial charge in [0.15, 0.2) is 0 Å². The van der Waals surface area contributed by atoms with Gasteiger partial charge in [-0.05, 0) is 13.3 Å². The number of hydrogen-bond donors (Lipinski definition) is 1. The predicted octanol–water partition coefficient (Wildman–Crippen LogP) is 1.48. The average molecular weight is 213 g/mol. The molecule has 1 atom stereocenters. The van der Waals surface area contributed by atoms with Crippen LogP contribution in [0, 0.1) is 0 Å². The summed E-state index contributed by atoms with van der Waals surface area (Å²) in [5.41, 5.74) is 0. The summed E-state index contributed by atoms with van der Waals surface area (Å²) in [4.78, 5) is 11.0. The molecule has 1 N–H and O–H groups in total. The van der Waals surface area contributed by atoms with E-state index in [1.807, 2.05) is 0 Å². The molecule has 6 heteroatoms. The standard InChI is InChI=1S/C8H14F3NO2/c1-6(14-2)7(13)12-5-3-4-8(9,10)11/h6H,3-5H2,1-2H3,(H,12,13). The molecule has 0 aromatic carbocycles. The van der Waals surface area contributed by atoms with Crippen LogP contribution in [0.2, 0.25) is 0 Å². The Morgan fingerprint density at radius 1 is 1.50 bits per heavy atom. The molecule has 14 heavy (non-hydrogen) atoms. The molecule has 1 amide bonds. The van der Waals surface area contributed by atoms with Crippen molar-refractivity contribution in [2.45, 2.75) is 32.0 Å². The van der Waals surface area contributed by atoms with Gasteiger partial charge < -0.3 is 10.1 Å². The van der Waals surface area contributed by atoms with Gasteiger partial charge in [-0.25, -0.2) is 0 Å². The van der Waals surface area contributed by atoms with Crippen LogP contribution in [0.4, 0.5) is 13.2 Å². The molecule has 0 aromatic heterocycles. The molecule has 0 heterocycles. The molecule has 0 aliphatic heterocycles. The molecule has 0 bridgehead atoms. The highest BCUT2D eigenvalue weighted by atomic mass is 19.4. The molecule has 0 fully saturated rings. The Labute approximate surface area is 80.6 Å². The molecule has 0 saturated carbocycles. The van der Waals surface area contributed by atoms with Gasteiger partial charge in [-0.2, -0.15) is 13.2 Å². The lowest BCUT2D eigenvalue weighted by Crippen LogP contribution is -2.34. The maximum absolute atomic E-state index is 11.7. The highest BCUT2D eigenvalue weighted by molar-refractivity contribution is 5.80. The fourth-order valence-corrected chi connectivity index (χ4v) is 0.751. The molecular weight excluding hydrogens is 199 g/mol. The van der Waals surface area contributed by atoms with E-state index in [-0.39, 0.29) is 13.0 Å². The van der Waals surface area contributed by atoms with Crippen LogP contribution in [0.3, 0.4) is 0 Å². The molecular formula is C8H14F3NO2. The first-order valence-electron chi connectivity index (χ1n) is 4.24. The largest absolute Gasteiger partial charge is 0.389 e. The van der Waals surface area contributed by atoms with E-state index in [2.05, 4.69) is 10.1 Å². The van der Waals surface area contributed by atoms with Crippen molar-refractivity contribution in [2.24, 2.45) is 0 Å². The molecule has 0 aromatic rings. The number of hydrogen-bond acceptors (Lipinski definition) is 2. The third-order valence-electron chi connectivity index (χ3n) is 1.66. The molecule has 0 spiro atoms. The minimum absolute atomic E-state index is 0.0199. The molecule has 0 aliphatic carbocycles. The SMILES string of the molecule is COC(C)C(=O)NCCCC(F)(F)F. The number of alkyl halides is 3. The molecule has 0 saturated heterocycles. The number of amides is 1. The van der Waals surface area contributed by atoms with Crippen LogP contribution in [0.5, 0.6) is 0 Å². The zero-order chi connectivity index (χ0) is 11.2. The van der Waals surface area contributed by atoms with Crippen LogP contribution in [-0.4, -0.2) is 31.8 Å². The van der Waals surface area contributed by atoms with Crippen LogP contribution < -0.4 is 5.32 Å². The summed E-state index contributed by atoms with van der Waals surface area (Å²) in [6, 6.07) is 0. The summed E-state index contributed by atoms with van der Waals surface area (Å²) in [7, 11) is 1.36. The minimum Gasteiger partial charge on any atom is -0.372 e. The maximum Gasteiger partial charge on any atom is 0.389 e. The third-order valence-corrected chi connectivity index (χ3v) is 1.66. The first kappa shape index (κ1) is 13.2. The second-order valence-corrected chi connectivity index (χ2v) is 2.89. The number of halogens is 3. The fourth-order valence-electron chi connectivity index (χ4n) is 0.751. The lowest BCUT2D eigenvalue weighted by molar-refractivity contribution is -0.137. The van der Waals surface area contributed by atoms with Gasteiger partial charge in [-0.1, -0.05) is 0 Å². The van der Waals surface area contributed by atoms with Gasteiger partial charge in [-0.3, -0.25) is 4.79 Å². The monoisotopic (exact) mass is 213 g/mol. The first-order valence-corrected chi connectivity index (χ1v) is 4.24. The maximum atomic E-state index is 11.7. The summed E-state index contributed by atoms with van der Waals surface area (Å²) in [5.74, 6) is -0.394. The Kier molecular flexibility index (Phi) is 5.52. The molecule has 1 unspecified atom stereocenters. The normalized spacial score (nSPS) is 13.8. The smallest absolute Gasteiger partial charge is 0.372 e. The van der Waals surface area contributed by atoms with Crippen molar-refractivity contribution in [3.63, 3.8) is 0 Å². The van der Waals surface area contributed by atoms with Crippen LogP contribution >= 0.6 is 0 Å². The third kappa shape index (κ3) is 6.71. The Morgan fingerprint density at radius 2 is 2.07 bits per heavy atom. The van der Waals surface area contributed by atoms with Crippen molar-refractivity contribution < 1.29 is 22.7 Å². The Morgan fingerprint density at radius 3 is 2.50 bits per heavy atom. The molecule has 0 aliphatic rings. The fraction of sp³-hybridized carbons (Fsp3) is 0.875. The average Bonchev–Trinajstić information content (AvgIpc) is 2.09. The van der Waals surface area contributed by atoms with E-state index in [0.717, 1.165) is 0 Å². The predicted molar refractivity (Wildman–Crippen MR) is 44.8 cm³/mol. The number of methoxy groups -OCH3 is 1. The summed E-state index contributed by atoms with van der Waals surface area (Å²) in [6.45, 7) is 1.55. The quantitative estimate of drug-likeness (QED) is 0.702. The highest BCUT2D eigenvalue weighted by Gasteiger charge is 2.26. The lowest BCUT2D eigenvalue weighted by atomic mass is 10.3. The van der Waals surface area contributed by atoms with E-state index in [9.17, 15) is 18.0 Å². The van der Waals surface area contributed by atoms with Crippen LogP contribution in [0.15, 0.2) is 0 Å². The number of ether oxygens (including phenoxy) is 1. The highest BCUT2D eigenvalue weighted by Crippen LogP contribution is 2.20. The van der Waals surface area contributed by atoms with Gasteiger partial charge in [0, 0.05) is 20.1 Å². The van der Waals surface area contributed by atoms with Crippen molar-refractivity contribution in [1.29, 1.82) is 0 Å². The van der Waals surface area contributed by atoms with E-state index >= 15 is 0 Å². The van der Waals surface area contributed by atoms with Gasteiger partial charge in [-0.15, -0.1) is 0 Å². The van der Waals surface area contributed by atoms with E-state index in [4.69, 9.17) is 0 Å². The zero-order valence-corrected chi connectivity index (χ0v) is 8.15. The summed E-state index contributed by atoms with van der Waals surface area (Å²) in [6.07, 6.45) is -5.77. The molecule has 0 rings (SSSR count). The van der Waals surface area contributed by atoms with Crippen LogP contribution in [-0.2, 0) is 9.53 Å². The van der Waals surface area contributed by atoms with Crippen molar-refractivity contribution in [3.8, 4) is 0 Å². The van der Waals surface area contributed by atoms with Gasteiger partial charge in [0.05, 0.1) is 0 Å². The Balaban J connectivity index is 3.51. The zero-order valence-electron chi connectivity index (χ0n) is 8.15. The van der Waals surface area contributed by atoms with E-state index < -0.39 is 24.6 Å². The summed E-state index contributed by atoms with van der Waals surface area (Å²) < 4.78 is 39.7. The summed E-state index contributed by atoms with van der Waals surface area (Å²) in [5, 5.41) is 2.34. The van der Waals surface area contributed by atoms with Gasteiger partial charge in [0.25, 0.3) is 0 Å². The molecule has 84 valence electrons. The van der Waals surface area contributed by atoms with Gasteiger partial charge in [0.1, 0.15) is 6.10 Å². The Hall–Kier alpha value is -0.780. The van der Waals surface area contributed by atoms with E-state index in [1.165, 1.54) is 14.0 Å². The van der Waals surface area contributed by atoms with Gasteiger partial charge >= 0.3 is 6.18 Å². The van der Waals surface area contributed by atoms with Crippen molar-refractivity contribution in [2.75, 3.05) is 13.7 Å². The molecule has 3 nitrogen and oxygen atoms in total. The van der Waals surface area contributed by atoms with Crippen LogP contribution in [0.25, 0.3) is 0 Å². The second kappa shape index (κ2) is 5.85.